The second-order valence-electron chi connectivity index (χ2n) is 4.82. The lowest BCUT2D eigenvalue weighted by atomic mass is 10.0. The summed E-state index contributed by atoms with van der Waals surface area (Å²) in [5.74, 6) is -0.292. The fourth-order valence-electron chi connectivity index (χ4n) is 2.29. The Hall–Kier alpha value is -2.86. The molecule has 21 heavy (non-hydrogen) atoms. The maximum absolute atomic E-state index is 12.9. The van der Waals surface area contributed by atoms with Gasteiger partial charge in [0.05, 0.1) is 6.07 Å². The van der Waals surface area contributed by atoms with E-state index in [0.29, 0.717) is 0 Å². The number of rotatable bonds is 3. The Balaban J connectivity index is 1.91. The molecule has 3 heteroatoms. The van der Waals surface area contributed by atoms with Crippen LogP contribution < -0.4 is 5.32 Å². The molecule has 3 rings (SSSR count). The molecule has 0 radical (unpaired) electrons. The number of nitrogens with one attached hydrogen (secondary N) is 1. The number of benzene rings is 3. The molecule has 0 aliphatic carbocycles. The van der Waals surface area contributed by atoms with Gasteiger partial charge in [0.15, 0.2) is 0 Å². The minimum Gasteiger partial charge on any atom is -0.366 e. The molecule has 0 spiro atoms. The Kier molecular flexibility index (Phi) is 3.53. The van der Waals surface area contributed by atoms with Crippen molar-refractivity contribution in [2.45, 2.75) is 6.04 Å². The van der Waals surface area contributed by atoms with Crippen molar-refractivity contribution in [2.75, 3.05) is 5.32 Å². The molecule has 0 aromatic heterocycles. The number of anilines is 1. The van der Waals surface area contributed by atoms with Gasteiger partial charge in [0.25, 0.3) is 0 Å². The van der Waals surface area contributed by atoms with Crippen LogP contribution in [-0.4, -0.2) is 0 Å². The van der Waals surface area contributed by atoms with E-state index in [1.807, 2.05) is 42.5 Å². The Morgan fingerprint density at radius 2 is 1.62 bits per heavy atom. The molecule has 1 N–H and O–H groups in total. The molecule has 1 unspecified atom stereocenters. The van der Waals surface area contributed by atoms with Crippen molar-refractivity contribution in [3.05, 3.63) is 78.1 Å². The lowest BCUT2D eigenvalue weighted by molar-refractivity contribution is 0.628. The summed E-state index contributed by atoms with van der Waals surface area (Å²) in [5, 5.41) is 14.7. The molecule has 2 nitrogen and oxygen atoms in total. The van der Waals surface area contributed by atoms with E-state index in [1.165, 1.54) is 12.1 Å². The Morgan fingerprint density at radius 1 is 0.905 bits per heavy atom. The van der Waals surface area contributed by atoms with E-state index in [4.69, 9.17) is 0 Å². The topological polar surface area (TPSA) is 35.8 Å². The van der Waals surface area contributed by atoms with Gasteiger partial charge in [-0.25, -0.2) is 4.39 Å². The molecular formula is C18H13FN2. The second kappa shape index (κ2) is 5.64. The minimum atomic E-state index is -0.472. The normalized spacial score (nSPS) is 11.8. The zero-order valence-electron chi connectivity index (χ0n) is 11.3. The average Bonchev–Trinajstić information content (AvgIpc) is 2.54. The summed E-state index contributed by atoms with van der Waals surface area (Å²) in [6.45, 7) is 0. The second-order valence-corrected chi connectivity index (χ2v) is 4.82. The van der Waals surface area contributed by atoms with Gasteiger partial charge in [-0.3, -0.25) is 0 Å². The standard InChI is InChI=1S/C18H13FN2/c19-16-7-9-17(10-8-16)21-18(12-20)15-6-5-13-3-1-2-4-14(13)11-15/h1-11,18,21H. The van der Waals surface area contributed by atoms with Crippen LogP contribution in [0.3, 0.4) is 0 Å². The van der Waals surface area contributed by atoms with E-state index in [0.717, 1.165) is 22.0 Å². The molecule has 0 bridgehead atoms. The summed E-state index contributed by atoms with van der Waals surface area (Å²) < 4.78 is 12.9. The van der Waals surface area contributed by atoms with Gasteiger partial charge in [-0.05, 0) is 46.7 Å². The molecule has 0 amide bonds. The van der Waals surface area contributed by atoms with Crippen LogP contribution in [0.5, 0.6) is 0 Å². The van der Waals surface area contributed by atoms with Crippen LogP contribution in [0.1, 0.15) is 11.6 Å². The maximum atomic E-state index is 12.9. The highest BCUT2D eigenvalue weighted by Gasteiger charge is 2.10. The van der Waals surface area contributed by atoms with Gasteiger partial charge in [0.1, 0.15) is 11.9 Å². The first-order valence-corrected chi connectivity index (χ1v) is 6.67. The molecule has 0 heterocycles. The largest absolute Gasteiger partial charge is 0.366 e. The summed E-state index contributed by atoms with van der Waals surface area (Å²) in [7, 11) is 0. The quantitative estimate of drug-likeness (QED) is 0.755. The van der Waals surface area contributed by atoms with Crippen molar-refractivity contribution in [1.82, 2.24) is 0 Å². The summed E-state index contributed by atoms with van der Waals surface area (Å²) in [4.78, 5) is 0. The van der Waals surface area contributed by atoms with Crippen molar-refractivity contribution in [1.29, 1.82) is 5.26 Å². The summed E-state index contributed by atoms with van der Waals surface area (Å²) >= 11 is 0. The predicted molar refractivity (Wildman–Crippen MR) is 82.3 cm³/mol. The van der Waals surface area contributed by atoms with Crippen LogP contribution in [0, 0.1) is 17.1 Å². The van der Waals surface area contributed by atoms with Gasteiger partial charge in [-0.1, -0.05) is 36.4 Å². The fraction of sp³-hybridized carbons (Fsp3) is 0.0556. The Labute approximate surface area is 122 Å². The maximum Gasteiger partial charge on any atom is 0.140 e. The van der Waals surface area contributed by atoms with E-state index in [1.54, 1.807) is 12.1 Å². The Bertz CT molecular complexity index is 803. The highest BCUT2D eigenvalue weighted by Crippen LogP contribution is 2.23. The predicted octanol–water partition coefficient (Wildman–Crippen LogP) is 4.66. The molecule has 1 atom stereocenters. The zero-order chi connectivity index (χ0) is 14.7. The number of halogens is 1. The van der Waals surface area contributed by atoms with Crippen molar-refractivity contribution in [3.8, 4) is 6.07 Å². The lowest BCUT2D eigenvalue weighted by Gasteiger charge is -2.14. The third-order valence-electron chi connectivity index (χ3n) is 3.39. The molecule has 0 saturated heterocycles. The van der Waals surface area contributed by atoms with Gasteiger partial charge < -0.3 is 5.32 Å². The van der Waals surface area contributed by atoms with Gasteiger partial charge in [-0.2, -0.15) is 5.26 Å². The minimum absolute atomic E-state index is 0.292. The van der Waals surface area contributed by atoms with Gasteiger partial charge >= 0.3 is 0 Å². The number of hydrogen-bond acceptors (Lipinski definition) is 2. The zero-order valence-corrected chi connectivity index (χ0v) is 11.3. The SMILES string of the molecule is N#CC(Nc1ccc(F)cc1)c1ccc2ccccc2c1. The first-order chi connectivity index (χ1) is 10.3. The van der Waals surface area contributed by atoms with Crippen LogP contribution in [0.2, 0.25) is 0 Å². The third kappa shape index (κ3) is 2.85. The molecule has 0 aliphatic heterocycles. The number of nitrogens with zero attached hydrogens (tertiary/aromatic N) is 1. The molecule has 0 fully saturated rings. The van der Waals surface area contributed by atoms with E-state index in [-0.39, 0.29) is 5.82 Å². The molecule has 3 aromatic carbocycles. The fourth-order valence-corrected chi connectivity index (χ4v) is 2.29. The van der Waals surface area contributed by atoms with Crippen molar-refractivity contribution < 1.29 is 4.39 Å². The van der Waals surface area contributed by atoms with Crippen LogP contribution >= 0.6 is 0 Å². The van der Waals surface area contributed by atoms with E-state index in [9.17, 15) is 9.65 Å². The van der Waals surface area contributed by atoms with Gasteiger partial charge in [0.2, 0.25) is 0 Å². The molecule has 0 saturated carbocycles. The molecule has 0 aliphatic rings. The molecule has 3 aromatic rings. The smallest absolute Gasteiger partial charge is 0.140 e. The van der Waals surface area contributed by atoms with Crippen molar-refractivity contribution in [2.24, 2.45) is 0 Å². The lowest BCUT2D eigenvalue weighted by Crippen LogP contribution is -2.08. The van der Waals surface area contributed by atoms with Gasteiger partial charge in [-0.15, -0.1) is 0 Å². The number of nitriles is 1. The van der Waals surface area contributed by atoms with Gasteiger partial charge in [0, 0.05) is 5.69 Å². The summed E-state index contributed by atoms with van der Waals surface area (Å²) in [6, 6.07) is 21.7. The third-order valence-corrected chi connectivity index (χ3v) is 3.39. The van der Waals surface area contributed by atoms with E-state index >= 15 is 0 Å². The Morgan fingerprint density at radius 3 is 2.33 bits per heavy atom. The first-order valence-electron chi connectivity index (χ1n) is 6.67. The highest BCUT2D eigenvalue weighted by atomic mass is 19.1. The summed E-state index contributed by atoms with van der Waals surface area (Å²) in [5.41, 5.74) is 1.61. The van der Waals surface area contributed by atoms with Crippen molar-refractivity contribution in [3.63, 3.8) is 0 Å². The van der Waals surface area contributed by atoms with Crippen molar-refractivity contribution >= 4 is 16.5 Å². The van der Waals surface area contributed by atoms with E-state index in [2.05, 4.69) is 11.4 Å². The van der Waals surface area contributed by atoms with E-state index < -0.39 is 6.04 Å². The average molecular weight is 276 g/mol. The highest BCUT2D eigenvalue weighted by molar-refractivity contribution is 5.83. The monoisotopic (exact) mass is 276 g/mol. The van der Waals surface area contributed by atoms with Crippen LogP contribution in [0.4, 0.5) is 10.1 Å². The van der Waals surface area contributed by atoms with Crippen LogP contribution in [0.25, 0.3) is 10.8 Å². The number of hydrogen-bond donors (Lipinski definition) is 1. The first kappa shape index (κ1) is 13.1. The van der Waals surface area contributed by atoms with Crippen LogP contribution in [0.15, 0.2) is 66.7 Å². The van der Waals surface area contributed by atoms with Crippen LogP contribution in [-0.2, 0) is 0 Å². The summed E-state index contributed by atoms with van der Waals surface area (Å²) in [6.07, 6.45) is 0. The number of fused-ring (bicyclic) bond motifs is 1. The molecular weight excluding hydrogens is 263 g/mol. The molecule has 102 valence electrons.